The lowest BCUT2D eigenvalue weighted by atomic mass is 10.0. The molecule has 0 aliphatic carbocycles. The fraction of sp³-hybridized carbons (Fsp3) is 0.556. The zero-order valence-electron chi connectivity index (χ0n) is 13.9. The second kappa shape index (κ2) is 7.43. The molecule has 0 spiro atoms. The third-order valence-corrected chi connectivity index (χ3v) is 4.43. The van der Waals surface area contributed by atoms with Crippen molar-refractivity contribution in [3.8, 4) is 0 Å². The van der Waals surface area contributed by atoms with Gasteiger partial charge in [0.15, 0.2) is 0 Å². The van der Waals surface area contributed by atoms with Gasteiger partial charge in [-0.15, -0.1) is 0 Å². The monoisotopic (exact) mass is 302 g/mol. The molecule has 120 valence electrons. The Balaban J connectivity index is 1.95. The second-order valence-electron chi connectivity index (χ2n) is 6.06. The van der Waals surface area contributed by atoms with Crippen LogP contribution in [0.5, 0.6) is 0 Å². The van der Waals surface area contributed by atoms with Gasteiger partial charge >= 0.3 is 0 Å². The van der Waals surface area contributed by atoms with Crippen molar-refractivity contribution in [3.05, 3.63) is 34.9 Å². The second-order valence-corrected chi connectivity index (χ2v) is 6.06. The molecule has 4 nitrogen and oxygen atoms in total. The van der Waals surface area contributed by atoms with Crippen LogP contribution in [0, 0.1) is 13.8 Å². The highest BCUT2D eigenvalue weighted by molar-refractivity contribution is 5.79. The van der Waals surface area contributed by atoms with Gasteiger partial charge in [-0.1, -0.05) is 25.1 Å². The molecule has 0 aromatic heterocycles. The molecule has 1 saturated heterocycles. The summed E-state index contributed by atoms with van der Waals surface area (Å²) in [6.07, 6.45) is 1.85. The highest BCUT2D eigenvalue weighted by atomic mass is 16.2. The average molecular weight is 302 g/mol. The lowest BCUT2D eigenvalue weighted by molar-refractivity contribution is -0.133. The van der Waals surface area contributed by atoms with Crippen LogP contribution < -0.4 is 0 Å². The summed E-state index contributed by atoms with van der Waals surface area (Å²) in [5.74, 6) is 0.345. The number of nitrogens with zero attached hydrogens (tertiary/aromatic N) is 2. The number of hydrogen-bond donors (Lipinski definition) is 0. The van der Waals surface area contributed by atoms with E-state index in [9.17, 15) is 9.59 Å². The Bertz CT molecular complexity index is 554. The summed E-state index contributed by atoms with van der Waals surface area (Å²) in [6, 6.07) is 6.20. The van der Waals surface area contributed by atoms with Gasteiger partial charge in [0, 0.05) is 32.6 Å². The molecule has 0 bridgehead atoms. The van der Waals surface area contributed by atoms with E-state index in [1.807, 2.05) is 22.8 Å². The number of carbonyl (C=O) groups excluding carboxylic acids is 2. The lowest BCUT2D eigenvalue weighted by Gasteiger charge is -2.22. The smallest absolute Gasteiger partial charge is 0.227 e. The molecule has 1 aliphatic rings. The van der Waals surface area contributed by atoms with E-state index in [4.69, 9.17) is 0 Å². The van der Waals surface area contributed by atoms with E-state index in [1.54, 1.807) is 0 Å². The quantitative estimate of drug-likeness (QED) is 0.860. The average Bonchev–Trinajstić information content (AvgIpc) is 2.76. The first kappa shape index (κ1) is 16.5. The van der Waals surface area contributed by atoms with Gasteiger partial charge in [-0.05, 0) is 37.0 Å². The van der Waals surface area contributed by atoms with Crippen LogP contribution in [0.15, 0.2) is 18.2 Å². The first-order chi connectivity index (χ1) is 10.5. The summed E-state index contributed by atoms with van der Waals surface area (Å²) in [4.78, 5) is 28.0. The number of hydrogen-bond acceptors (Lipinski definition) is 2. The van der Waals surface area contributed by atoms with Crippen molar-refractivity contribution in [2.45, 2.75) is 40.0 Å². The molecule has 0 N–H and O–H groups in total. The molecule has 1 aliphatic heterocycles. The van der Waals surface area contributed by atoms with E-state index in [-0.39, 0.29) is 11.8 Å². The zero-order valence-corrected chi connectivity index (χ0v) is 13.9. The topological polar surface area (TPSA) is 40.6 Å². The molecular weight excluding hydrogens is 276 g/mol. The normalized spacial score (nSPS) is 15.6. The molecule has 1 aromatic rings. The van der Waals surface area contributed by atoms with E-state index in [1.165, 1.54) is 11.1 Å². The molecule has 0 unspecified atom stereocenters. The number of aryl methyl sites for hydroxylation is 2. The molecule has 2 rings (SSSR count). The van der Waals surface area contributed by atoms with E-state index < -0.39 is 0 Å². The fourth-order valence-corrected chi connectivity index (χ4v) is 2.84. The van der Waals surface area contributed by atoms with Crippen LogP contribution in [-0.4, -0.2) is 47.8 Å². The van der Waals surface area contributed by atoms with E-state index in [0.29, 0.717) is 25.9 Å². The maximum atomic E-state index is 12.5. The van der Waals surface area contributed by atoms with Crippen LogP contribution in [-0.2, 0) is 16.0 Å². The summed E-state index contributed by atoms with van der Waals surface area (Å²) < 4.78 is 0. The third kappa shape index (κ3) is 4.09. The Labute approximate surface area is 133 Å². The Hall–Kier alpha value is -1.84. The Kier molecular flexibility index (Phi) is 5.58. The van der Waals surface area contributed by atoms with Crippen LogP contribution in [0.25, 0.3) is 0 Å². The summed E-state index contributed by atoms with van der Waals surface area (Å²) in [6.45, 7) is 8.85. The van der Waals surface area contributed by atoms with Crippen molar-refractivity contribution in [2.75, 3.05) is 26.2 Å². The number of benzene rings is 1. The standard InChI is InChI=1S/C18H26N2O2/c1-4-17(21)19-8-5-9-20(11-10-19)18(22)13-16-7-6-14(2)15(3)12-16/h6-7,12H,4-5,8-11,13H2,1-3H3. The Morgan fingerprint density at radius 2 is 1.59 bits per heavy atom. The zero-order chi connectivity index (χ0) is 16.1. The van der Waals surface area contributed by atoms with Crippen LogP contribution in [0.2, 0.25) is 0 Å². The van der Waals surface area contributed by atoms with Crippen LogP contribution in [0.3, 0.4) is 0 Å². The van der Waals surface area contributed by atoms with Crippen LogP contribution in [0.4, 0.5) is 0 Å². The lowest BCUT2D eigenvalue weighted by Crippen LogP contribution is -2.37. The van der Waals surface area contributed by atoms with Gasteiger partial charge in [0.25, 0.3) is 0 Å². The predicted octanol–water partition coefficient (Wildman–Crippen LogP) is 2.32. The molecule has 0 atom stereocenters. The largest absolute Gasteiger partial charge is 0.341 e. The minimum Gasteiger partial charge on any atom is -0.341 e. The Morgan fingerprint density at radius 1 is 0.955 bits per heavy atom. The van der Waals surface area contributed by atoms with Gasteiger partial charge in [0.1, 0.15) is 0 Å². The van der Waals surface area contributed by atoms with E-state index >= 15 is 0 Å². The molecule has 0 radical (unpaired) electrons. The third-order valence-electron chi connectivity index (χ3n) is 4.43. The summed E-state index contributed by atoms with van der Waals surface area (Å²) in [7, 11) is 0. The molecule has 2 amide bonds. The minimum absolute atomic E-state index is 0.161. The summed E-state index contributed by atoms with van der Waals surface area (Å²) in [5, 5.41) is 0. The van der Waals surface area contributed by atoms with Crippen molar-refractivity contribution in [3.63, 3.8) is 0 Å². The molecular formula is C18H26N2O2. The molecule has 22 heavy (non-hydrogen) atoms. The highest BCUT2D eigenvalue weighted by Crippen LogP contribution is 2.12. The fourth-order valence-electron chi connectivity index (χ4n) is 2.84. The van der Waals surface area contributed by atoms with E-state index in [2.05, 4.69) is 26.0 Å². The maximum Gasteiger partial charge on any atom is 0.227 e. The van der Waals surface area contributed by atoms with Crippen LogP contribution >= 0.6 is 0 Å². The van der Waals surface area contributed by atoms with Crippen molar-refractivity contribution in [1.82, 2.24) is 9.80 Å². The SMILES string of the molecule is CCC(=O)N1CCCN(C(=O)Cc2ccc(C)c(C)c2)CC1. The van der Waals surface area contributed by atoms with Crippen molar-refractivity contribution >= 4 is 11.8 Å². The van der Waals surface area contributed by atoms with Gasteiger partial charge in [-0.2, -0.15) is 0 Å². The highest BCUT2D eigenvalue weighted by Gasteiger charge is 2.21. The van der Waals surface area contributed by atoms with Gasteiger partial charge < -0.3 is 9.80 Å². The summed E-state index contributed by atoms with van der Waals surface area (Å²) in [5.41, 5.74) is 3.54. The van der Waals surface area contributed by atoms with Crippen molar-refractivity contribution in [1.29, 1.82) is 0 Å². The molecule has 1 aromatic carbocycles. The maximum absolute atomic E-state index is 12.5. The number of carbonyl (C=O) groups is 2. The van der Waals surface area contributed by atoms with Gasteiger partial charge in [-0.3, -0.25) is 9.59 Å². The van der Waals surface area contributed by atoms with Crippen molar-refractivity contribution < 1.29 is 9.59 Å². The molecule has 1 heterocycles. The molecule has 1 fully saturated rings. The number of amides is 2. The minimum atomic E-state index is 0.161. The Morgan fingerprint density at radius 3 is 2.18 bits per heavy atom. The first-order valence-corrected chi connectivity index (χ1v) is 8.13. The van der Waals surface area contributed by atoms with Crippen LogP contribution in [0.1, 0.15) is 36.5 Å². The molecule has 0 saturated carbocycles. The summed E-state index contributed by atoms with van der Waals surface area (Å²) >= 11 is 0. The molecule has 4 heteroatoms. The van der Waals surface area contributed by atoms with Gasteiger partial charge in [0.2, 0.25) is 11.8 Å². The predicted molar refractivity (Wildman–Crippen MR) is 87.7 cm³/mol. The van der Waals surface area contributed by atoms with Gasteiger partial charge in [0.05, 0.1) is 6.42 Å². The first-order valence-electron chi connectivity index (χ1n) is 8.13. The van der Waals surface area contributed by atoms with E-state index in [0.717, 1.165) is 25.1 Å². The number of rotatable bonds is 3. The van der Waals surface area contributed by atoms with Gasteiger partial charge in [-0.25, -0.2) is 0 Å². The van der Waals surface area contributed by atoms with Crippen molar-refractivity contribution in [2.24, 2.45) is 0 Å².